The summed E-state index contributed by atoms with van der Waals surface area (Å²) in [7, 11) is 0. The fourth-order valence-corrected chi connectivity index (χ4v) is 4.33. The third-order valence-corrected chi connectivity index (χ3v) is 5.72. The summed E-state index contributed by atoms with van der Waals surface area (Å²) in [6.45, 7) is 2.01. The van der Waals surface area contributed by atoms with Crippen molar-refractivity contribution in [2.75, 3.05) is 5.75 Å². The summed E-state index contributed by atoms with van der Waals surface area (Å²) in [6.07, 6.45) is 4.58. The van der Waals surface area contributed by atoms with Crippen LogP contribution >= 0.6 is 11.8 Å². The Labute approximate surface area is 117 Å². The van der Waals surface area contributed by atoms with E-state index in [1.54, 1.807) is 16.7 Å². The van der Waals surface area contributed by atoms with Crippen LogP contribution in [0.1, 0.15) is 32.6 Å². The van der Waals surface area contributed by atoms with E-state index in [-0.39, 0.29) is 17.4 Å². The molecule has 0 bridgehead atoms. The van der Waals surface area contributed by atoms with E-state index in [9.17, 15) is 14.7 Å². The molecule has 3 unspecified atom stereocenters. The average molecular weight is 284 g/mol. The SMILES string of the molecule is CC(NC(=O)N1C(C(=O)O)CSC1C1CC1)C1CC1. The van der Waals surface area contributed by atoms with Gasteiger partial charge in [-0.05, 0) is 44.4 Å². The number of aliphatic carboxylic acids is 1. The molecule has 0 radical (unpaired) electrons. The number of nitrogens with zero attached hydrogens (tertiary/aromatic N) is 1. The molecule has 0 aromatic heterocycles. The summed E-state index contributed by atoms with van der Waals surface area (Å²) in [5, 5.41) is 12.3. The van der Waals surface area contributed by atoms with Gasteiger partial charge in [-0.25, -0.2) is 9.59 Å². The van der Waals surface area contributed by atoms with Gasteiger partial charge in [0.05, 0.1) is 5.37 Å². The quantitative estimate of drug-likeness (QED) is 0.825. The Bertz CT molecular complexity index is 395. The number of carboxylic acid groups (broad SMARTS) is 1. The van der Waals surface area contributed by atoms with Gasteiger partial charge in [0.15, 0.2) is 0 Å². The summed E-state index contributed by atoms with van der Waals surface area (Å²) >= 11 is 1.62. The van der Waals surface area contributed by atoms with Gasteiger partial charge in [0.25, 0.3) is 0 Å². The minimum absolute atomic E-state index is 0.0625. The lowest BCUT2D eigenvalue weighted by molar-refractivity contribution is -0.141. The summed E-state index contributed by atoms with van der Waals surface area (Å²) < 4.78 is 0. The van der Waals surface area contributed by atoms with Crippen molar-refractivity contribution >= 4 is 23.8 Å². The number of rotatable bonds is 4. The highest BCUT2D eigenvalue weighted by atomic mass is 32.2. The molecule has 1 aliphatic heterocycles. The number of hydrogen-bond donors (Lipinski definition) is 2. The number of urea groups is 1. The molecular formula is C13H20N2O3S. The molecule has 6 heteroatoms. The van der Waals surface area contributed by atoms with Crippen molar-refractivity contribution in [1.29, 1.82) is 0 Å². The first-order valence-corrected chi connectivity index (χ1v) is 8.06. The molecule has 3 aliphatic rings. The van der Waals surface area contributed by atoms with Crippen LogP contribution in [0, 0.1) is 11.8 Å². The lowest BCUT2D eigenvalue weighted by Crippen LogP contribution is -2.52. The number of carboxylic acids is 1. The number of carbonyl (C=O) groups is 2. The highest BCUT2D eigenvalue weighted by Crippen LogP contribution is 2.45. The van der Waals surface area contributed by atoms with Crippen LogP contribution in [0.25, 0.3) is 0 Å². The lowest BCUT2D eigenvalue weighted by Gasteiger charge is -2.29. The third-order valence-electron chi connectivity index (χ3n) is 4.26. The van der Waals surface area contributed by atoms with Gasteiger partial charge in [0.1, 0.15) is 6.04 Å². The number of hydrogen-bond acceptors (Lipinski definition) is 3. The highest BCUT2D eigenvalue weighted by Gasteiger charge is 2.48. The van der Waals surface area contributed by atoms with Gasteiger partial charge in [-0.15, -0.1) is 11.8 Å². The Morgan fingerprint density at radius 1 is 1.32 bits per heavy atom. The first-order valence-electron chi connectivity index (χ1n) is 7.01. The van der Waals surface area contributed by atoms with Gasteiger partial charge in [-0.2, -0.15) is 0 Å². The van der Waals surface area contributed by atoms with Crippen LogP contribution in [-0.4, -0.2) is 45.2 Å². The van der Waals surface area contributed by atoms with Gasteiger partial charge >= 0.3 is 12.0 Å². The van der Waals surface area contributed by atoms with Gasteiger partial charge in [-0.1, -0.05) is 0 Å². The van der Waals surface area contributed by atoms with E-state index in [4.69, 9.17) is 0 Å². The Morgan fingerprint density at radius 3 is 2.53 bits per heavy atom. The predicted octanol–water partition coefficient (Wildman–Crippen LogP) is 1.73. The van der Waals surface area contributed by atoms with E-state index in [1.807, 2.05) is 6.92 Å². The predicted molar refractivity (Wildman–Crippen MR) is 73.0 cm³/mol. The van der Waals surface area contributed by atoms with E-state index < -0.39 is 12.0 Å². The van der Waals surface area contributed by atoms with Crippen molar-refractivity contribution < 1.29 is 14.7 Å². The highest BCUT2D eigenvalue weighted by molar-refractivity contribution is 8.00. The molecule has 5 nitrogen and oxygen atoms in total. The second-order valence-electron chi connectivity index (χ2n) is 5.90. The molecule has 0 aromatic rings. The number of nitrogens with one attached hydrogen (secondary N) is 1. The minimum atomic E-state index is -0.884. The molecule has 0 spiro atoms. The summed E-state index contributed by atoms with van der Waals surface area (Å²) in [4.78, 5) is 25.3. The fourth-order valence-electron chi connectivity index (χ4n) is 2.70. The first-order chi connectivity index (χ1) is 9.08. The molecule has 3 atom stereocenters. The molecule has 2 aliphatic carbocycles. The second-order valence-corrected chi connectivity index (χ2v) is 7.05. The zero-order chi connectivity index (χ0) is 13.6. The Kier molecular flexibility index (Phi) is 3.37. The van der Waals surface area contributed by atoms with Gasteiger partial charge in [0.2, 0.25) is 0 Å². The topological polar surface area (TPSA) is 69.6 Å². The molecule has 1 heterocycles. The van der Waals surface area contributed by atoms with Crippen molar-refractivity contribution in [3.8, 4) is 0 Å². The van der Waals surface area contributed by atoms with Crippen LogP contribution in [0.15, 0.2) is 0 Å². The molecule has 106 valence electrons. The Hall–Kier alpha value is -0.910. The van der Waals surface area contributed by atoms with Gasteiger partial charge in [0, 0.05) is 11.8 Å². The van der Waals surface area contributed by atoms with E-state index in [2.05, 4.69) is 5.32 Å². The van der Waals surface area contributed by atoms with Crippen molar-refractivity contribution in [2.45, 2.75) is 50.1 Å². The molecule has 2 saturated carbocycles. The maximum atomic E-state index is 12.4. The summed E-state index contributed by atoms with van der Waals surface area (Å²) in [5.74, 6) is 0.713. The third kappa shape index (κ3) is 2.68. The maximum Gasteiger partial charge on any atom is 0.327 e. The molecule has 2 amide bonds. The molecular weight excluding hydrogens is 264 g/mol. The Balaban J connectivity index is 1.68. The molecule has 1 saturated heterocycles. The van der Waals surface area contributed by atoms with E-state index in [0.29, 0.717) is 17.6 Å². The van der Waals surface area contributed by atoms with Crippen LogP contribution < -0.4 is 5.32 Å². The maximum absolute atomic E-state index is 12.4. The summed E-state index contributed by atoms with van der Waals surface area (Å²) in [5.41, 5.74) is 0. The zero-order valence-electron chi connectivity index (χ0n) is 11.0. The van der Waals surface area contributed by atoms with Crippen LogP contribution in [-0.2, 0) is 4.79 Å². The van der Waals surface area contributed by atoms with Crippen molar-refractivity contribution in [3.05, 3.63) is 0 Å². The van der Waals surface area contributed by atoms with Crippen LogP contribution in [0.3, 0.4) is 0 Å². The van der Waals surface area contributed by atoms with Gasteiger partial charge in [-0.3, -0.25) is 4.90 Å². The number of amides is 2. The van der Waals surface area contributed by atoms with E-state index in [1.165, 1.54) is 12.8 Å². The van der Waals surface area contributed by atoms with Gasteiger partial charge < -0.3 is 10.4 Å². The second kappa shape index (κ2) is 4.89. The monoisotopic (exact) mass is 284 g/mol. The van der Waals surface area contributed by atoms with Crippen molar-refractivity contribution in [3.63, 3.8) is 0 Å². The summed E-state index contributed by atoms with van der Waals surface area (Å²) in [6, 6.07) is -0.692. The fraction of sp³-hybridized carbons (Fsp3) is 0.846. The van der Waals surface area contributed by atoms with Crippen molar-refractivity contribution in [2.24, 2.45) is 11.8 Å². The minimum Gasteiger partial charge on any atom is -0.480 e. The van der Waals surface area contributed by atoms with Crippen LogP contribution in [0.5, 0.6) is 0 Å². The zero-order valence-corrected chi connectivity index (χ0v) is 11.9. The molecule has 3 rings (SSSR count). The normalized spacial score (nSPS) is 32.2. The molecule has 3 fully saturated rings. The van der Waals surface area contributed by atoms with Crippen molar-refractivity contribution in [1.82, 2.24) is 10.2 Å². The standard InChI is InChI=1S/C13H20N2O3S/c1-7(8-2-3-8)14-13(18)15-10(12(16)17)6-19-11(15)9-4-5-9/h7-11H,2-6H2,1H3,(H,14,18)(H,16,17). The number of thioether (sulfide) groups is 1. The smallest absolute Gasteiger partial charge is 0.327 e. The largest absolute Gasteiger partial charge is 0.480 e. The Morgan fingerprint density at radius 2 is 2.00 bits per heavy atom. The molecule has 2 N–H and O–H groups in total. The van der Waals surface area contributed by atoms with Crippen LogP contribution in [0.2, 0.25) is 0 Å². The number of carbonyl (C=O) groups excluding carboxylic acids is 1. The van der Waals surface area contributed by atoms with E-state index >= 15 is 0 Å². The van der Waals surface area contributed by atoms with E-state index in [0.717, 1.165) is 12.8 Å². The lowest BCUT2D eigenvalue weighted by atomic mass is 10.2. The first kappa shape index (κ1) is 13.1. The molecule has 19 heavy (non-hydrogen) atoms. The average Bonchev–Trinajstić information content (AvgIpc) is 3.24. The molecule has 0 aromatic carbocycles. The van der Waals surface area contributed by atoms with Crippen LogP contribution in [0.4, 0.5) is 4.79 Å².